The Hall–Kier alpha value is -3.02. The van der Waals surface area contributed by atoms with Crippen LogP contribution in [0.15, 0.2) is 48.5 Å². The lowest BCUT2D eigenvalue weighted by Gasteiger charge is -2.20. The fourth-order valence-corrected chi connectivity index (χ4v) is 2.58. The molecule has 0 spiro atoms. The maximum Gasteiger partial charge on any atom is 0.347 e. The van der Waals surface area contributed by atoms with Gasteiger partial charge in [-0.2, -0.15) is 0 Å². The van der Waals surface area contributed by atoms with E-state index in [1.54, 1.807) is 25.1 Å². The molecule has 156 valence electrons. The molecule has 0 saturated carbocycles. The van der Waals surface area contributed by atoms with Gasteiger partial charge in [-0.3, -0.25) is 4.79 Å². The van der Waals surface area contributed by atoms with Gasteiger partial charge >= 0.3 is 5.97 Å². The van der Waals surface area contributed by atoms with E-state index in [0.29, 0.717) is 23.8 Å². The third kappa shape index (κ3) is 6.82. The number of anilines is 1. The zero-order chi connectivity index (χ0) is 21.4. The minimum absolute atomic E-state index is 0.0389. The summed E-state index contributed by atoms with van der Waals surface area (Å²) < 4.78 is 16.1. The number of carbonyl (C=O) groups is 2. The highest BCUT2D eigenvalue weighted by Gasteiger charge is 2.19. The molecule has 0 aliphatic carbocycles. The number of esters is 1. The molecule has 1 amide bonds. The van der Waals surface area contributed by atoms with Gasteiger partial charge in [0.1, 0.15) is 11.5 Å². The number of para-hydroxylation sites is 2. The molecule has 0 aromatic heterocycles. The molecule has 29 heavy (non-hydrogen) atoms. The SMILES string of the molecule is CCOc1ccccc1NC(=O)COC(=O)[C@H](C)Oc1ccc(C(C)(C)C)cc1. The molecule has 0 radical (unpaired) electrons. The molecule has 2 rings (SSSR count). The molecule has 0 saturated heterocycles. The molecule has 1 atom stereocenters. The Bertz CT molecular complexity index is 824. The van der Waals surface area contributed by atoms with Gasteiger partial charge in [0.2, 0.25) is 0 Å². The van der Waals surface area contributed by atoms with Crippen molar-refractivity contribution in [1.82, 2.24) is 0 Å². The van der Waals surface area contributed by atoms with E-state index in [1.807, 2.05) is 37.3 Å². The van der Waals surface area contributed by atoms with Crippen LogP contribution in [0, 0.1) is 0 Å². The van der Waals surface area contributed by atoms with Crippen LogP contribution in [-0.2, 0) is 19.7 Å². The second-order valence-corrected chi connectivity index (χ2v) is 7.62. The Morgan fingerprint density at radius 2 is 1.69 bits per heavy atom. The maximum atomic E-state index is 12.1. The van der Waals surface area contributed by atoms with E-state index in [0.717, 1.165) is 0 Å². The molecule has 0 fully saturated rings. The van der Waals surface area contributed by atoms with Crippen LogP contribution in [-0.4, -0.2) is 31.2 Å². The van der Waals surface area contributed by atoms with Crippen LogP contribution in [0.4, 0.5) is 5.69 Å². The van der Waals surface area contributed by atoms with E-state index < -0.39 is 24.6 Å². The number of carbonyl (C=O) groups excluding carboxylic acids is 2. The zero-order valence-corrected chi connectivity index (χ0v) is 17.7. The minimum Gasteiger partial charge on any atom is -0.492 e. The summed E-state index contributed by atoms with van der Waals surface area (Å²) in [4.78, 5) is 24.2. The zero-order valence-electron chi connectivity index (χ0n) is 17.7. The first-order chi connectivity index (χ1) is 13.7. The summed E-state index contributed by atoms with van der Waals surface area (Å²) in [5.41, 5.74) is 1.74. The highest BCUT2D eigenvalue weighted by Crippen LogP contribution is 2.25. The molecule has 6 heteroatoms. The van der Waals surface area contributed by atoms with Gasteiger partial charge < -0.3 is 19.5 Å². The fraction of sp³-hybridized carbons (Fsp3) is 0.391. The maximum absolute atomic E-state index is 12.1. The smallest absolute Gasteiger partial charge is 0.347 e. The van der Waals surface area contributed by atoms with Crippen molar-refractivity contribution in [2.75, 3.05) is 18.5 Å². The van der Waals surface area contributed by atoms with Crippen LogP contribution < -0.4 is 14.8 Å². The first-order valence-corrected chi connectivity index (χ1v) is 9.66. The van der Waals surface area contributed by atoms with E-state index in [9.17, 15) is 9.59 Å². The largest absolute Gasteiger partial charge is 0.492 e. The van der Waals surface area contributed by atoms with Crippen LogP contribution in [0.3, 0.4) is 0 Å². The van der Waals surface area contributed by atoms with E-state index in [-0.39, 0.29) is 5.41 Å². The monoisotopic (exact) mass is 399 g/mol. The molecule has 0 bridgehead atoms. The Morgan fingerprint density at radius 3 is 2.31 bits per heavy atom. The average molecular weight is 399 g/mol. The molecule has 0 unspecified atom stereocenters. The van der Waals surface area contributed by atoms with Gasteiger partial charge in [0, 0.05) is 0 Å². The Morgan fingerprint density at radius 1 is 1.03 bits per heavy atom. The molecular formula is C23H29NO5. The molecule has 2 aromatic rings. The normalized spacial score (nSPS) is 12.0. The van der Waals surface area contributed by atoms with E-state index >= 15 is 0 Å². The number of ether oxygens (including phenoxy) is 3. The second kappa shape index (κ2) is 9.96. The van der Waals surface area contributed by atoms with Gasteiger partial charge in [0.15, 0.2) is 12.7 Å². The highest BCUT2D eigenvalue weighted by molar-refractivity contribution is 5.94. The summed E-state index contributed by atoms with van der Waals surface area (Å²) in [6.07, 6.45) is -0.834. The topological polar surface area (TPSA) is 73.9 Å². The summed E-state index contributed by atoms with van der Waals surface area (Å²) in [6.45, 7) is 9.90. The van der Waals surface area contributed by atoms with Gasteiger partial charge in [-0.05, 0) is 49.1 Å². The Labute approximate surface area is 172 Å². The molecule has 2 aromatic carbocycles. The fourth-order valence-electron chi connectivity index (χ4n) is 2.58. The van der Waals surface area contributed by atoms with Gasteiger partial charge in [-0.1, -0.05) is 45.0 Å². The predicted molar refractivity (Wildman–Crippen MR) is 112 cm³/mol. The number of nitrogens with one attached hydrogen (secondary N) is 1. The molecule has 0 heterocycles. The number of amides is 1. The Balaban J connectivity index is 1.84. The standard InChI is InChI=1S/C23H29NO5/c1-6-27-20-10-8-7-9-19(20)24-21(25)15-28-22(26)16(2)29-18-13-11-17(12-14-18)23(3,4)5/h7-14,16H,6,15H2,1-5H3,(H,24,25)/t16-/m0/s1. The summed E-state index contributed by atoms with van der Waals surface area (Å²) >= 11 is 0. The van der Waals surface area contributed by atoms with Crippen LogP contribution in [0.2, 0.25) is 0 Å². The molecule has 0 aliphatic rings. The van der Waals surface area contributed by atoms with Crippen LogP contribution in [0.25, 0.3) is 0 Å². The lowest BCUT2D eigenvalue weighted by atomic mass is 9.87. The lowest BCUT2D eigenvalue weighted by molar-refractivity contribution is -0.153. The van der Waals surface area contributed by atoms with E-state index in [4.69, 9.17) is 14.2 Å². The first-order valence-electron chi connectivity index (χ1n) is 9.66. The predicted octanol–water partition coefficient (Wildman–Crippen LogP) is 4.33. The first kappa shape index (κ1) is 22.3. The summed E-state index contributed by atoms with van der Waals surface area (Å²) in [5, 5.41) is 2.68. The van der Waals surface area contributed by atoms with Crippen molar-refractivity contribution in [1.29, 1.82) is 0 Å². The molecular weight excluding hydrogens is 370 g/mol. The highest BCUT2D eigenvalue weighted by atomic mass is 16.6. The number of hydrogen-bond acceptors (Lipinski definition) is 5. The lowest BCUT2D eigenvalue weighted by Crippen LogP contribution is -2.29. The van der Waals surface area contributed by atoms with Gasteiger partial charge in [-0.25, -0.2) is 4.79 Å². The summed E-state index contributed by atoms with van der Waals surface area (Å²) in [6, 6.07) is 14.7. The van der Waals surface area contributed by atoms with E-state index in [2.05, 4.69) is 26.1 Å². The summed E-state index contributed by atoms with van der Waals surface area (Å²) in [5.74, 6) is 0.0630. The second-order valence-electron chi connectivity index (χ2n) is 7.62. The van der Waals surface area contributed by atoms with E-state index in [1.165, 1.54) is 5.56 Å². The van der Waals surface area contributed by atoms with Gasteiger partial charge in [0.05, 0.1) is 12.3 Å². The molecule has 1 N–H and O–H groups in total. The van der Waals surface area contributed by atoms with Crippen molar-refractivity contribution in [2.45, 2.75) is 46.1 Å². The quantitative estimate of drug-likeness (QED) is 0.669. The number of benzene rings is 2. The van der Waals surface area contributed by atoms with Crippen molar-refractivity contribution < 1.29 is 23.8 Å². The molecule has 0 aliphatic heterocycles. The van der Waals surface area contributed by atoms with Crippen LogP contribution in [0.1, 0.15) is 40.2 Å². The van der Waals surface area contributed by atoms with Crippen LogP contribution >= 0.6 is 0 Å². The van der Waals surface area contributed by atoms with Crippen molar-refractivity contribution >= 4 is 17.6 Å². The summed E-state index contributed by atoms with van der Waals surface area (Å²) in [7, 11) is 0. The van der Waals surface area contributed by atoms with Gasteiger partial charge in [0.25, 0.3) is 5.91 Å². The van der Waals surface area contributed by atoms with Crippen LogP contribution in [0.5, 0.6) is 11.5 Å². The van der Waals surface area contributed by atoms with Crippen molar-refractivity contribution in [3.05, 3.63) is 54.1 Å². The third-order valence-electron chi connectivity index (χ3n) is 4.17. The van der Waals surface area contributed by atoms with Crippen molar-refractivity contribution in [3.8, 4) is 11.5 Å². The minimum atomic E-state index is -0.834. The van der Waals surface area contributed by atoms with Gasteiger partial charge in [-0.15, -0.1) is 0 Å². The van der Waals surface area contributed by atoms with Crippen molar-refractivity contribution in [2.24, 2.45) is 0 Å². The number of hydrogen-bond donors (Lipinski definition) is 1. The van der Waals surface area contributed by atoms with Crippen molar-refractivity contribution in [3.63, 3.8) is 0 Å². The molecule has 6 nitrogen and oxygen atoms in total. The average Bonchev–Trinajstić information content (AvgIpc) is 2.67. The third-order valence-corrected chi connectivity index (χ3v) is 4.17. The Kier molecular flexibility index (Phi) is 7.65. The number of rotatable bonds is 8.